The number of nitrogens with zero attached hydrogens (tertiary/aromatic N) is 4. The maximum Gasteiger partial charge on any atom is 0.226 e. The fourth-order valence-electron chi connectivity index (χ4n) is 2.47. The number of aromatic nitrogens is 4. The molecule has 3 atom stereocenters. The summed E-state index contributed by atoms with van der Waals surface area (Å²) in [5.41, 5.74) is 0.0838. The van der Waals surface area contributed by atoms with Crippen molar-refractivity contribution in [1.82, 2.24) is 19.5 Å². The lowest BCUT2D eigenvalue weighted by molar-refractivity contribution is -0.115. The third-order valence-electron chi connectivity index (χ3n) is 3.79. The number of hydrogen-bond donors (Lipinski definition) is 3. The second-order valence-corrected chi connectivity index (χ2v) is 5.55. The molecule has 8 nitrogen and oxygen atoms in total. The van der Waals surface area contributed by atoms with E-state index >= 15 is 0 Å². The van der Waals surface area contributed by atoms with E-state index in [4.69, 9.17) is 16.3 Å². The number of aliphatic hydroxyl groups excluding tert-OH is 2. The van der Waals surface area contributed by atoms with Crippen molar-refractivity contribution >= 4 is 28.6 Å². The maximum absolute atomic E-state index is 10.1. The summed E-state index contributed by atoms with van der Waals surface area (Å²) in [5.74, 6) is 0.521. The predicted molar refractivity (Wildman–Crippen MR) is 76.1 cm³/mol. The van der Waals surface area contributed by atoms with Gasteiger partial charge in [-0.1, -0.05) is 0 Å². The first-order valence-corrected chi connectivity index (χ1v) is 6.91. The minimum Gasteiger partial charge on any atom is -0.393 e. The quantitative estimate of drug-likeness (QED) is 0.711. The second kappa shape index (κ2) is 5.06. The molecule has 2 aromatic rings. The molecule has 2 aromatic heterocycles. The topological polar surface area (TPSA) is 105 Å². The molecule has 114 valence electrons. The highest BCUT2D eigenvalue weighted by Crippen LogP contribution is 2.37. The molecule has 0 aliphatic carbocycles. The zero-order valence-electron chi connectivity index (χ0n) is 11.6. The van der Waals surface area contributed by atoms with Gasteiger partial charge in [-0.25, -0.2) is 4.98 Å². The van der Waals surface area contributed by atoms with Crippen molar-refractivity contribution in [2.75, 3.05) is 19.0 Å². The van der Waals surface area contributed by atoms with Crippen LogP contribution in [-0.4, -0.2) is 55.1 Å². The number of imidazole rings is 1. The molecule has 0 amide bonds. The molecular formula is C12H16ClN5O3. The molecule has 0 aromatic carbocycles. The molecule has 0 bridgehead atoms. The Morgan fingerprint density at radius 2 is 2.33 bits per heavy atom. The van der Waals surface area contributed by atoms with Crippen molar-refractivity contribution in [3.05, 3.63) is 11.6 Å². The van der Waals surface area contributed by atoms with E-state index in [0.29, 0.717) is 23.4 Å². The van der Waals surface area contributed by atoms with Gasteiger partial charge in [0.25, 0.3) is 0 Å². The van der Waals surface area contributed by atoms with Crippen LogP contribution < -0.4 is 5.32 Å². The minimum atomic E-state index is -0.996. The lowest BCUT2D eigenvalue weighted by Gasteiger charge is -2.24. The van der Waals surface area contributed by atoms with E-state index in [1.165, 1.54) is 0 Å². The minimum absolute atomic E-state index is 0.0945. The highest BCUT2D eigenvalue weighted by molar-refractivity contribution is 6.28. The van der Waals surface area contributed by atoms with Gasteiger partial charge in [0.1, 0.15) is 11.8 Å². The van der Waals surface area contributed by atoms with E-state index in [1.807, 2.05) is 0 Å². The number of hydrogen-bond acceptors (Lipinski definition) is 7. The summed E-state index contributed by atoms with van der Waals surface area (Å²) in [4.78, 5) is 12.5. The van der Waals surface area contributed by atoms with Crippen LogP contribution in [0.3, 0.4) is 0 Å². The molecule has 3 heterocycles. The van der Waals surface area contributed by atoms with Gasteiger partial charge in [-0.2, -0.15) is 9.97 Å². The smallest absolute Gasteiger partial charge is 0.226 e. The van der Waals surface area contributed by atoms with Gasteiger partial charge >= 0.3 is 0 Å². The number of halogens is 1. The van der Waals surface area contributed by atoms with E-state index < -0.39 is 17.9 Å². The Bertz CT molecular complexity index is 678. The standard InChI is InChI=1S/C12H16ClN5O3/c1-12(4-19)6(20)3-7(21-12)18-5-15-8-9(14-2)16-11(13)17-10(8)18/h5-7,19-20H,3-4H2,1-2H3,(H,14,16,17)/t6?,7-,12-/m1/s1. The van der Waals surface area contributed by atoms with Crippen LogP contribution in [0.25, 0.3) is 11.2 Å². The zero-order chi connectivity index (χ0) is 15.2. The molecule has 1 saturated heterocycles. The second-order valence-electron chi connectivity index (χ2n) is 5.21. The van der Waals surface area contributed by atoms with Gasteiger partial charge in [0.05, 0.1) is 19.0 Å². The third-order valence-corrected chi connectivity index (χ3v) is 3.96. The van der Waals surface area contributed by atoms with E-state index in [2.05, 4.69) is 20.3 Å². The molecule has 3 N–H and O–H groups in total. The van der Waals surface area contributed by atoms with Gasteiger partial charge in [-0.3, -0.25) is 4.57 Å². The number of aliphatic hydroxyl groups is 2. The van der Waals surface area contributed by atoms with Crippen molar-refractivity contribution in [3.8, 4) is 0 Å². The van der Waals surface area contributed by atoms with Crippen LogP contribution in [0.2, 0.25) is 5.28 Å². The van der Waals surface area contributed by atoms with Crippen molar-refractivity contribution in [3.63, 3.8) is 0 Å². The van der Waals surface area contributed by atoms with E-state index in [1.54, 1.807) is 24.9 Å². The van der Waals surface area contributed by atoms with Crippen LogP contribution in [0.4, 0.5) is 5.82 Å². The SMILES string of the molecule is CNc1nc(Cl)nc2c1ncn2[C@H]1CC(O)[C@@](C)(CO)O1. The normalized spacial score (nSPS) is 29.2. The van der Waals surface area contributed by atoms with Crippen LogP contribution in [0, 0.1) is 0 Å². The lowest BCUT2D eigenvalue weighted by Crippen LogP contribution is -2.39. The summed E-state index contributed by atoms with van der Waals surface area (Å²) in [6.45, 7) is 1.40. The van der Waals surface area contributed by atoms with Crippen LogP contribution in [-0.2, 0) is 4.74 Å². The molecule has 3 rings (SSSR count). The monoisotopic (exact) mass is 313 g/mol. The Labute approximate surface area is 125 Å². The molecule has 0 saturated carbocycles. The molecular weight excluding hydrogens is 298 g/mol. The Morgan fingerprint density at radius 1 is 1.57 bits per heavy atom. The van der Waals surface area contributed by atoms with Crippen molar-refractivity contribution in [2.45, 2.75) is 31.3 Å². The first-order chi connectivity index (χ1) is 9.98. The van der Waals surface area contributed by atoms with Gasteiger partial charge in [0.2, 0.25) is 5.28 Å². The predicted octanol–water partition coefficient (Wildman–Crippen LogP) is 0.552. The summed E-state index contributed by atoms with van der Waals surface area (Å²) < 4.78 is 7.46. The van der Waals surface area contributed by atoms with E-state index in [-0.39, 0.29) is 11.9 Å². The van der Waals surface area contributed by atoms with Crippen LogP contribution in [0.15, 0.2) is 6.33 Å². The van der Waals surface area contributed by atoms with Crippen molar-refractivity contribution in [1.29, 1.82) is 0 Å². The molecule has 0 radical (unpaired) electrons. The van der Waals surface area contributed by atoms with Gasteiger partial charge in [0.15, 0.2) is 17.0 Å². The molecule has 0 spiro atoms. The molecule has 9 heteroatoms. The summed E-state index contributed by atoms with van der Waals surface area (Å²) in [6.07, 6.45) is 0.652. The van der Waals surface area contributed by atoms with Crippen molar-refractivity contribution in [2.24, 2.45) is 0 Å². The highest BCUT2D eigenvalue weighted by atomic mass is 35.5. The number of ether oxygens (including phenoxy) is 1. The largest absolute Gasteiger partial charge is 0.393 e. The third kappa shape index (κ3) is 2.24. The molecule has 1 unspecified atom stereocenters. The zero-order valence-corrected chi connectivity index (χ0v) is 12.4. The van der Waals surface area contributed by atoms with E-state index in [0.717, 1.165) is 0 Å². The Morgan fingerprint density at radius 3 is 2.95 bits per heavy atom. The Balaban J connectivity index is 2.05. The van der Waals surface area contributed by atoms with Crippen LogP contribution in [0.1, 0.15) is 19.6 Å². The fraction of sp³-hybridized carbons (Fsp3) is 0.583. The highest BCUT2D eigenvalue weighted by Gasteiger charge is 2.45. The van der Waals surface area contributed by atoms with Crippen LogP contribution in [0.5, 0.6) is 0 Å². The Kier molecular flexibility index (Phi) is 3.48. The average molecular weight is 314 g/mol. The van der Waals surface area contributed by atoms with Crippen molar-refractivity contribution < 1.29 is 14.9 Å². The molecule has 1 fully saturated rings. The Hall–Kier alpha value is -1.48. The number of rotatable bonds is 3. The summed E-state index contributed by atoms with van der Waals surface area (Å²) in [7, 11) is 1.72. The molecule has 1 aliphatic heterocycles. The number of anilines is 1. The summed E-state index contributed by atoms with van der Waals surface area (Å²) in [5, 5.41) is 22.4. The van der Waals surface area contributed by atoms with Gasteiger partial charge in [0, 0.05) is 13.5 Å². The van der Waals surface area contributed by atoms with E-state index in [9.17, 15) is 10.2 Å². The lowest BCUT2D eigenvalue weighted by atomic mass is 10.0. The first kappa shape index (κ1) is 14.5. The van der Waals surface area contributed by atoms with Gasteiger partial charge in [-0.15, -0.1) is 0 Å². The maximum atomic E-state index is 10.1. The summed E-state index contributed by atoms with van der Waals surface area (Å²) >= 11 is 5.92. The first-order valence-electron chi connectivity index (χ1n) is 6.53. The fourth-order valence-corrected chi connectivity index (χ4v) is 2.63. The van der Waals surface area contributed by atoms with Crippen LogP contribution >= 0.6 is 11.6 Å². The molecule has 1 aliphatic rings. The average Bonchev–Trinajstić information content (AvgIpc) is 3.00. The summed E-state index contributed by atoms with van der Waals surface area (Å²) in [6, 6.07) is 0. The van der Waals surface area contributed by atoms with Gasteiger partial charge in [-0.05, 0) is 18.5 Å². The number of nitrogens with one attached hydrogen (secondary N) is 1. The van der Waals surface area contributed by atoms with Gasteiger partial charge < -0.3 is 20.3 Å². The molecule has 21 heavy (non-hydrogen) atoms. The number of fused-ring (bicyclic) bond motifs is 1.